The Kier molecular flexibility index (Phi) is 5.14. The van der Waals surface area contributed by atoms with Crippen molar-refractivity contribution in [2.45, 2.75) is 18.9 Å². The first kappa shape index (κ1) is 17.4. The van der Waals surface area contributed by atoms with Gasteiger partial charge < -0.3 is 9.64 Å². The third-order valence-corrected chi connectivity index (χ3v) is 5.53. The van der Waals surface area contributed by atoms with Gasteiger partial charge in [0.2, 0.25) is 0 Å². The van der Waals surface area contributed by atoms with E-state index >= 15 is 0 Å². The van der Waals surface area contributed by atoms with Crippen LogP contribution in [0, 0.1) is 0 Å². The topological polar surface area (TPSA) is 32.8 Å². The van der Waals surface area contributed by atoms with Gasteiger partial charge in [0.1, 0.15) is 6.10 Å². The fourth-order valence-electron chi connectivity index (χ4n) is 3.82. The lowest BCUT2D eigenvalue weighted by Gasteiger charge is -2.36. The Bertz CT molecular complexity index is 770. The lowest BCUT2D eigenvalue weighted by atomic mass is 10.0. The smallest absolute Gasteiger partial charge is 0.339 e. The highest BCUT2D eigenvalue weighted by atomic mass is 35.5. The molecule has 2 aliphatic rings. The third kappa shape index (κ3) is 3.71. The molecule has 0 spiro atoms. The van der Waals surface area contributed by atoms with Crippen molar-refractivity contribution in [1.29, 1.82) is 0 Å². The molecule has 4 rings (SSSR count). The number of esters is 1. The monoisotopic (exact) mass is 370 g/mol. The molecule has 0 saturated carbocycles. The van der Waals surface area contributed by atoms with Crippen molar-refractivity contribution in [3.05, 3.63) is 64.7 Å². The summed E-state index contributed by atoms with van der Waals surface area (Å²) in [6.45, 7) is 5.23. The van der Waals surface area contributed by atoms with Crippen LogP contribution in [-0.2, 0) is 4.74 Å². The first-order valence-corrected chi connectivity index (χ1v) is 9.61. The summed E-state index contributed by atoms with van der Waals surface area (Å²) in [4.78, 5) is 16.8. The number of anilines is 1. The summed E-state index contributed by atoms with van der Waals surface area (Å²) < 4.78 is 5.53. The molecule has 2 aliphatic heterocycles. The van der Waals surface area contributed by atoms with Gasteiger partial charge in [-0.05, 0) is 49.7 Å². The molecule has 1 unspecified atom stereocenters. The highest BCUT2D eigenvalue weighted by molar-refractivity contribution is 6.30. The van der Waals surface area contributed by atoms with E-state index in [1.807, 2.05) is 36.4 Å². The van der Waals surface area contributed by atoms with Gasteiger partial charge in [0, 0.05) is 42.5 Å². The summed E-state index contributed by atoms with van der Waals surface area (Å²) in [5, 5.41) is 0.779. The van der Waals surface area contributed by atoms with E-state index in [0.717, 1.165) is 61.7 Å². The van der Waals surface area contributed by atoms with Gasteiger partial charge in [0.15, 0.2) is 0 Å². The van der Waals surface area contributed by atoms with E-state index in [-0.39, 0.29) is 12.1 Å². The van der Waals surface area contributed by atoms with Crippen molar-refractivity contribution in [3.8, 4) is 0 Å². The number of hydrogen-bond donors (Lipinski definition) is 0. The van der Waals surface area contributed by atoms with E-state index in [1.165, 1.54) is 5.69 Å². The number of hydrogen-bond acceptors (Lipinski definition) is 4. The van der Waals surface area contributed by atoms with E-state index in [0.29, 0.717) is 0 Å². The zero-order valence-electron chi connectivity index (χ0n) is 14.7. The van der Waals surface area contributed by atoms with Gasteiger partial charge in [-0.3, -0.25) is 4.90 Å². The summed E-state index contributed by atoms with van der Waals surface area (Å²) in [7, 11) is 0. The van der Waals surface area contributed by atoms with Gasteiger partial charge in [-0.1, -0.05) is 29.8 Å². The van der Waals surface area contributed by atoms with Crippen LogP contribution in [0.4, 0.5) is 5.69 Å². The molecule has 2 aromatic carbocycles. The normalized spacial score (nSPS) is 20.1. The molecule has 26 heavy (non-hydrogen) atoms. The van der Waals surface area contributed by atoms with Crippen LogP contribution in [-0.4, -0.2) is 43.6 Å². The Morgan fingerprint density at radius 1 is 1.00 bits per heavy atom. The van der Waals surface area contributed by atoms with Crippen LogP contribution in [0.25, 0.3) is 0 Å². The predicted octanol–water partition coefficient (Wildman–Crippen LogP) is 4.15. The van der Waals surface area contributed by atoms with Gasteiger partial charge >= 0.3 is 5.97 Å². The second kappa shape index (κ2) is 7.68. The summed E-state index contributed by atoms with van der Waals surface area (Å²) in [6.07, 6.45) is 1.85. The number of ether oxygens (including phenoxy) is 1. The van der Waals surface area contributed by atoms with Crippen LogP contribution >= 0.6 is 11.6 Å². The zero-order chi connectivity index (χ0) is 17.9. The number of fused-ring (bicyclic) bond motifs is 1. The molecule has 0 bridgehead atoms. The summed E-state index contributed by atoms with van der Waals surface area (Å²) in [5.74, 6) is -0.179. The first-order valence-electron chi connectivity index (χ1n) is 9.23. The number of rotatable bonds is 5. The number of benzene rings is 2. The standard InChI is InChI=1S/C21H23ClN2O2/c22-16-7-9-17(10-8-16)24-14-12-23(13-15-24)11-3-6-20-18-4-1-2-5-19(18)21(25)26-20/h1-2,4-5,7-10,20H,3,6,11-15H2. The number of carbonyl (C=O) groups excluding carboxylic acids is 1. The highest BCUT2D eigenvalue weighted by Gasteiger charge is 2.30. The van der Waals surface area contributed by atoms with Crippen molar-refractivity contribution in [3.63, 3.8) is 0 Å². The fraction of sp³-hybridized carbons (Fsp3) is 0.381. The van der Waals surface area contributed by atoms with Crippen LogP contribution < -0.4 is 4.90 Å². The number of cyclic esters (lactones) is 1. The Balaban J connectivity index is 1.23. The molecule has 0 amide bonds. The van der Waals surface area contributed by atoms with Gasteiger partial charge in [0.05, 0.1) is 5.56 Å². The van der Waals surface area contributed by atoms with Crippen molar-refractivity contribution < 1.29 is 9.53 Å². The fourth-order valence-corrected chi connectivity index (χ4v) is 3.94. The number of halogens is 1. The highest BCUT2D eigenvalue weighted by Crippen LogP contribution is 2.33. The minimum Gasteiger partial charge on any atom is -0.454 e. The number of nitrogens with zero attached hydrogens (tertiary/aromatic N) is 2. The largest absolute Gasteiger partial charge is 0.454 e. The van der Waals surface area contributed by atoms with E-state index in [4.69, 9.17) is 16.3 Å². The van der Waals surface area contributed by atoms with E-state index in [9.17, 15) is 4.79 Å². The molecule has 0 aromatic heterocycles. The van der Waals surface area contributed by atoms with Gasteiger partial charge in [-0.25, -0.2) is 4.79 Å². The predicted molar refractivity (Wildman–Crippen MR) is 104 cm³/mol. The molecule has 2 heterocycles. The second-order valence-electron chi connectivity index (χ2n) is 6.93. The van der Waals surface area contributed by atoms with Crippen LogP contribution in [0.15, 0.2) is 48.5 Å². The Labute approximate surface area is 159 Å². The van der Waals surface area contributed by atoms with Crippen LogP contribution in [0.2, 0.25) is 5.02 Å². The molecule has 0 N–H and O–H groups in total. The van der Waals surface area contributed by atoms with Crippen LogP contribution in [0.1, 0.15) is 34.9 Å². The van der Waals surface area contributed by atoms with Crippen molar-refractivity contribution >= 4 is 23.3 Å². The summed E-state index contributed by atoms with van der Waals surface area (Å²) in [5.41, 5.74) is 3.02. The Morgan fingerprint density at radius 3 is 2.50 bits per heavy atom. The second-order valence-corrected chi connectivity index (χ2v) is 7.36. The summed E-state index contributed by atoms with van der Waals surface area (Å²) in [6, 6.07) is 15.8. The molecule has 136 valence electrons. The maximum absolute atomic E-state index is 11.9. The summed E-state index contributed by atoms with van der Waals surface area (Å²) >= 11 is 5.97. The molecule has 1 atom stereocenters. The molecule has 0 aliphatic carbocycles. The lowest BCUT2D eigenvalue weighted by molar-refractivity contribution is 0.0358. The average Bonchev–Trinajstić information content (AvgIpc) is 2.99. The minimum absolute atomic E-state index is 0.0749. The quantitative estimate of drug-likeness (QED) is 0.740. The zero-order valence-corrected chi connectivity index (χ0v) is 15.5. The molecule has 1 fully saturated rings. The number of piperazine rings is 1. The molecule has 2 aromatic rings. The maximum Gasteiger partial charge on any atom is 0.339 e. The van der Waals surface area contributed by atoms with Gasteiger partial charge in [-0.15, -0.1) is 0 Å². The van der Waals surface area contributed by atoms with Crippen molar-refractivity contribution in [2.75, 3.05) is 37.6 Å². The Hall–Kier alpha value is -2.04. The molecule has 5 heteroatoms. The first-order chi connectivity index (χ1) is 12.7. The van der Waals surface area contributed by atoms with Crippen LogP contribution in [0.5, 0.6) is 0 Å². The molecule has 4 nitrogen and oxygen atoms in total. The van der Waals surface area contributed by atoms with Crippen molar-refractivity contribution in [2.24, 2.45) is 0 Å². The minimum atomic E-state index is -0.179. The third-order valence-electron chi connectivity index (χ3n) is 5.28. The van der Waals surface area contributed by atoms with Gasteiger partial charge in [-0.2, -0.15) is 0 Å². The SMILES string of the molecule is O=C1OC(CCCN2CCN(c3ccc(Cl)cc3)CC2)c2ccccc21. The average molecular weight is 371 g/mol. The van der Waals surface area contributed by atoms with Gasteiger partial charge in [0.25, 0.3) is 0 Å². The van der Waals surface area contributed by atoms with E-state index in [1.54, 1.807) is 0 Å². The van der Waals surface area contributed by atoms with Crippen LogP contribution in [0.3, 0.4) is 0 Å². The van der Waals surface area contributed by atoms with E-state index < -0.39 is 0 Å². The maximum atomic E-state index is 11.9. The molecular formula is C21H23ClN2O2. The molecule has 0 radical (unpaired) electrons. The lowest BCUT2D eigenvalue weighted by Crippen LogP contribution is -2.46. The van der Waals surface area contributed by atoms with Crippen molar-refractivity contribution in [1.82, 2.24) is 4.90 Å². The van der Waals surface area contributed by atoms with E-state index in [2.05, 4.69) is 21.9 Å². The Morgan fingerprint density at radius 2 is 1.73 bits per heavy atom. The number of carbonyl (C=O) groups is 1. The molecular weight excluding hydrogens is 348 g/mol. The molecule has 1 saturated heterocycles.